The van der Waals surface area contributed by atoms with E-state index in [0.717, 1.165) is 5.69 Å². The first-order valence-electron chi connectivity index (χ1n) is 5.66. The van der Waals surface area contributed by atoms with Crippen molar-refractivity contribution < 1.29 is 19.1 Å². The summed E-state index contributed by atoms with van der Waals surface area (Å²) in [7, 11) is 2.56. The van der Waals surface area contributed by atoms with Crippen LogP contribution < -0.4 is 5.43 Å². The van der Waals surface area contributed by atoms with Gasteiger partial charge in [0.1, 0.15) is 0 Å². The van der Waals surface area contributed by atoms with Crippen molar-refractivity contribution in [3.05, 3.63) is 30.3 Å². The van der Waals surface area contributed by atoms with Crippen molar-refractivity contribution in [2.24, 2.45) is 5.10 Å². The Hall–Kier alpha value is -2.37. The minimum Gasteiger partial charge on any atom is -0.469 e. The van der Waals surface area contributed by atoms with Crippen molar-refractivity contribution in [3.8, 4) is 0 Å². The molecule has 0 saturated carbocycles. The van der Waals surface area contributed by atoms with Crippen LogP contribution in [0.1, 0.15) is 12.8 Å². The fourth-order valence-electron chi connectivity index (χ4n) is 1.28. The lowest BCUT2D eigenvalue weighted by Gasteiger charge is -2.06. The van der Waals surface area contributed by atoms with Gasteiger partial charge in [0.2, 0.25) is 0 Å². The molecule has 19 heavy (non-hydrogen) atoms. The molecule has 0 spiro atoms. The maximum Gasteiger partial charge on any atom is 0.311 e. The van der Waals surface area contributed by atoms with Gasteiger partial charge in [-0.2, -0.15) is 5.10 Å². The highest BCUT2D eigenvalue weighted by molar-refractivity contribution is 6.06. The molecule has 1 aromatic rings. The van der Waals surface area contributed by atoms with Crippen LogP contribution >= 0.6 is 0 Å². The van der Waals surface area contributed by atoms with E-state index in [4.69, 9.17) is 0 Å². The molecule has 0 heterocycles. The van der Waals surface area contributed by atoms with Crippen LogP contribution in [0.5, 0.6) is 0 Å². The number of para-hydroxylation sites is 1. The van der Waals surface area contributed by atoms with Crippen molar-refractivity contribution >= 4 is 23.3 Å². The number of anilines is 1. The van der Waals surface area contributed by atoms with E-state index in [2.05, 4.69) is 20.0 Å². The van der Waals surface area contributed by atoms with Crippen LogP contribution in [0.2, 0.25) is 0 Å². The molecule has 1 rings (SSSR count). The Morgan fingerprint density at radius 3 is 2.05 bits per heavy atom. The molecule has 0 saturated heterocycles. The third-order valence-corrected chi connectivity index (χ3v) is 2.27. The summed E-state index contributed by atoms with van der Waals surface area (Å²) in [6.45, 7) is 0. The first-order valence-corrected chi connectivity index (χ1v) is 5.66. The quantitative estimate of drug-likeness (QED) is 0.479. The number of nitrogens with one attached hydrogen (secondary N) is 1. The average molecular weight is 264 g/mol. The number of hydrogen-bond donors (Lipinski definition) is 1. The van der Waals surface area contributed by atoms with E-state index in [-0.39, 0.29) is 12.8 Å². The number of hydrogen-bond acceptors (Lipinski definition) is 6. The van der Waals surface area contributed by atoms with E-state index in [1.54, 1.807) is 0 Å². The zero-order valence-corrected chi connectivity index (χ0v) is 10.9. The number of rotatable bonds is 6. The van der Waals surface area contributed by atoms with Gasteiger partial charge in [-0.3, -0.25) is 15.0 Å². The second kappa shape index (κ2) is 7.86. The lowest BCUT2D eigenvalue weighted by Crippen LogP contribution is -2.16. The molecule has 0 bridgehead atoms. The smallest absolute Gasteiger partial charge is 0.311 e. The van der Waals surface area contributed by atoms with E-state index < -0.39 is 11.9 Å². The van der Waals surface area contributed by atoms with E-state index >= 15 is 0 Å². The van der Waals surface area contributed by atoms with Crippen molar-refractivity contribution in [1.82, 2.24) is 0 Å². The van der Waals surface area contributed by atoms with Crippen molar-refractivity contribution in [2.45, 2.75) is 12.8 Å². The molecule has 0 aliphatic heterocycles. The predicted octanol–water partition coefficient (Wildman–Crippen LogP) is 1.58. The average Bonchev–Trinajstić information content (AvgIpc) is 2.45. The Morgan fingerprint density at radius 2 is 1.58 bits per heavy atom. The number of nitrogens with zero attached hydrogens (tertiary/aromatic N) is 1. The van der Waals surface area contributed by atoms with Gasteiger partial charge in [0, 0.05) is 0 Å². The number of carbonyl (C=O) groups is 2. The fourth-order valence-corrected chi connectivity index (χ4v) is 1.28. The highest BCUT2D eigenvalue weighted by atomic mass is 16.5. The first-order chi connectivity index (χ1) is 9.15. The van der Waals surface area contributed by atoms with Gasteiger partial charge in [-0.25, -0.2) is 0 Å². The molecule has 0 aromatic heterocycles. The summed E-state index contributed by atoms with van der Waals surface area (Å²) in [5.74, 6) is -0.921. The third kappa shape index (κ3) is 5.67. The van der Waals surface area contributed by atoms with Gasteiger partial charge in [0.15, 0.2) is 0 Å². The molecular weight excluding hydrogens is 248 g/mol. The number of esters is 2. The van der Waals surface area contributed by atoms with Gasteiger partial charge in [0.25, 0.3) is 0 Å². The minimum absolute atomic E-state index is 0.0641. The molecular formula is C13H16N2O4. The summed E-state index contributed by atoms with van der Waals surface area (Å²) in [5.41, 5.74) is 3.88. The standard InChI is InChI=1S/C13H16N2O4/c1-18-12(16)8-11(9-13(17)19-2)15-14-10-6-4-3-5-7-10/h3-7,14H,8-9H2,1-2H3. The molecule has 0 unspecified atom stereocenters. The molecule has 6 nitrogen and oxygen atoms in total. The number of methoxy groups -OCH3 is 2. The van der Waals surface area contributed by atoms with Crippen LogP contribution in [0.25, 0.3) is 0 Å². The molecule has 0 aliphatic rings. The van der Waals surface area contributed by atoms with Crippen molar-refractivity contribution in [2.75, 3.05) is 19.6 Å². The van der Waals surface area contributed by atoms with Gasteiger partial charge >= 0.3 is 11.9 Å². The third-order valence-electron chi connectivity index (χ3n) is 2.27. The molecule has 6 heteroatoms. The summed E-state index contributed by atoms with van der Waals surface area (Å²) in [5, 5.41) is 4.03. The van der Waals surface area contributed by atoms with E-state index in [1.807, 2.05) is 30.3 Å². The van der Waals surface area contributed by atoms with Crippen LogP contribution in [0.4, 0.5) is 5.69 Å². The zero-order valence-electron chi connectivity index (χ0n) is 10.9. The Balaban J connectivity index is 2.71. The number of ether oxygens (including phenoxy) is 2. The van der Waals surface area contributed by atoms with Gasteiger partial charge < -0.3 is 9.47 Å². The first kappa shape index (κ1) is 14.7. The van der Waals surface area contributed by atoms with Crippen molar-refractivity contribution in [3.63, 3.8) is 0 Å². The van der Waals surface area contributed by atoms with E-state index in [9.17, 15) is 9.59 Å². The molecule has 0 aliphatic carbocycles. The van der Waals surface area contributed by atoms with Crippen LogP contribution in [0.15, 0.2) is 35.4 Å². The Kier molecular flexibility index (Phi) is 6.08. The second-order valence-corrected chi connectivity index (χ2v) is 3.66. The highest BCUT2D eigenvalue weighted by Gasteiger charge is 2.13. The SMILES string of the molecule is COC(=O)CC(CC(=O)OC)=NNc1ccccc1. The Labute approximate surface area is 111 Å². The Bertz CT molecular complexity index is 437. The number of carbonyl (C=O) groups excluding carboxylic acids is 2. The molecule has 1 aromatic carbocycles. The summed E-state index contributed by atoms with van der Waals surface area (Å²) < 4.78 is 9.10. The topological polar surface area (TPSA) is 77.0 Å². The fraction of sp³-hybridized carbons (Fsp3) is 0.308. The maximum absolute atomic E-state index is 11.2. The van der Waals surface area contributed by atoms with Crippen LogP contribution in [0, 0.1) is 0 Å². The largest absolute Gasteiger partial charge is 0.469 e. The van der Waals surface area contributed by atoms with Crippen LogP contribution in [-0.2, 0) is 19.1 Å². The summed E-state index contributed by atoms with van der Waals surface area (Å²) in [4.78, 5) is 22.4. The van der Waals surface area contributed by atoms with Crippen molar-refractivity contribution in [1.29, 1.82) is 0 Å². The number of benzene rings is 1. The Morgan fingerprint density at radius 1 is 1.05 bits per heavy atom. The van der Waals surface area contributed by atoms with Crippen LogP contribution in [-0.4, -0.2) is 31.9 Å². The van der Waals surface area contributed by atoms with Gasteiger partial charge in [0.05, 0.1) is 38.5 Å². The van der Waals surface area contributed by atoms with Gasteiger partial charge in [-0.1, -0.05) is 18.2 Å². The zero-order chi connectivity index (χ0) is 14.1. The second-order valence-electron chi connectivity index (χ2n) is 3.66. The van der Waals surface area contributed by atoms with Crippen LogP contribution in [0.3, 0.4) is 0 Å². The summed E-state index contributed by atoms with van der Waals surface area (Å²) in [6.07, 6.45) is -0.128. The lowest BCUT2D eigenvalue weighted by molar-refractivity contribution is -0.139. The monoisotopic (exact) mass is 264 g/mol. The molecule has 0 atom stereocenters. The lowest BCUT2D eigenvalue weighted by atomic mass is 10.2. The van der Waals surface area contributed by atoms with E-state index in [0.29, 0.717) is 5.71 Å². The number of hydrazone groups is 1. The molecule has 0 radical (unpaired) electrons. The molecule has 0 fully saturated rings. The summed E-state index contributed by atoms with van der Waals surface area (Å²) >= 11 is 0. The highest BCUT2D eigenvalue weighted by Crippen LogP contribution is 2.06. The maximum atomic E-state index is 11.2. The van der Waals surface area contributed by atoms with E-state index in [1.165, 1.54) is 14.2 Å². The normalized spacial score (nSPS) is 9.37. The molecule has 1 N–H and O–H groups in total. The molecule has 0 amide bonds. The van der Waals surface area contributed by atoms with Gasteiger partial charge in [-0.15, -0.1) is 0 Å². The minimum atomic E-state index is -0.461. The predicted molar refractivity (Wildman–Crippen MR) is 70.8 cm³/mol. The van der Waals surface area contributed by atoms with Gasteiger partial charge in [-0.05, 0) is 12.1 Å². The molecule has 102 valence electrons. The summed E-state index contributed by atoms with van der Waals surface area (Å²) in [6, 6.07) is 9.20.